The molecule has 0 fully saturated rings. The van der Waals surface area contributed by atoms with Gasteiger partial charge in [0.15, 0.2) is 0 Å². The van der Waals surface area contributed by atoms with Gasteiger partial charge in [0.25, 0.3) is 0 Å². The lowest BCUT2D eigenvalue weighted by atomic mass is 9.91. The molecule has 0 aliphatic carbocycles. The van der Waals surface area contributed by atoms with E-state index in [0.717, 1.165) is 28.5 Å². The van der Waals surface area contributed by atoms with E-state index in [9.17, 15) is 5.11 Å². The van der Waals surface area contributed by atoms with Crippen molar-refractivity contribution < 1.29 is 9.84 Å². The van der Waals surface area contributed by atoms with Gasteiger partial charge in [0, 0.05) is 5.39 Å². The van der Waals surface area contributed by atoms with Crippen LogP contribution in [0, 0.1) is 5.92 Å². The van der Waals surface area contributed by atoms with Crippen LogP contribution in [-0.2, 0) is 0 Å². The summed E-state index contributed by atoms with van der Waals surface area (Å²) in [7, 11) is 1.67. The molecular formula is C16H20O2. The highest BCUT2D eigenvalue weighted by atomic mass is 16.5. The maximum absolute atomic E-state index is 10.4. The van der Waals surface area contributed by atoms with E-state index in [1.807, 2.05) is 36.4 Å². The van der Waals surface area contributed by atoms with Crippen LogP contribution >= 0.6 is 0 Å². The van der Waals surface area contributed by atoms with E-state index in [-0.39, 0.29) is 5.92 Å². The first-order chi connectivity index (χ1) is 8.69. The highest BCUT2D eigenvalue weighted by molar-refractivity contribution is 5.91. The predicted molar refractivity (Wildman–Crippen MR) is 74.9 cm³/mol. The molecule has 0 amide bonds. The van der Waals surface area contributed by atoms with Gasteiger partial charge in [-0.3, -0.25) is 0 Å². The molecule has 0 heterocycles. The number of aliphatic hydroxyl groups excluding tert-OH is 1. The maximum atomic E-state index is 10.4. The van der Waals surface area contributed by atoms with E-state index >= 15 is 0 Å². The largest absolute Gasteiger partial charge is 0.496 e. The zero-order valence-electron chi connectivity index (χ0n) is 11.2. The second-order valence-corrected chi connectivity index (χ2v) is 4.73. The van der Waals surface area contributed by atoms with Crippen molar-refractivity contribution in [3.05, 3.63) is 42.0 Å². The smallest absolute Gasteiger partial charge is 0.126 e. The van der Waals surface area contributed by atoms with E-state index in [2.05, 4.69) is 13.8 Å². The number of hydrogen-bond donors (Lipinski definition) is 1. The molecule has 2 nitrogen and oxygen atoms in total. The quantitative estimate of drug-likeness (QED) is 0.883. The fourth-order valence-electron chi connectivity index (χ4n) is 2.26. The number of methoxy groups -OCH3 is 1. The fourth-order valence-corrected chi connectivity index (χ4v) is 2.26. The summed E-state index contributed by atoms with van der Waals surface area (Å²) in [5.41, 5.74) is 0.987. The summed E-state index contributed by atoms with van der Waals surface area (Å²) in [6.07, 6.45) is 0.535. The van der Waals surface area contributed by atoms with Crippen molar-refractivity contribution in [1.82, 2.24) is 0 Å². The van der Waals surface area contributed by atoms with Crippen LogP contribution in [0.1, 0.15) is 31.9 Å². The Morgan fingerprint density at radius 3 is 2.39 bits per heavy atom. The third-order valence-electron chi connectivity index (χ3n) is 3.64. The number of ether oxygens (including phenoxy) is 1. The molecule has 2 atom stereocenters. The van der Waals surface area contributed by atoms with Gasteiger partial charge < -0.3 is 9.84 Å². The zero-order valence-corrected chi connectivity index (χ0v) is 11.2. The van der Waals surface area contributed by atoms with Crippen molar-refractivity contribution in [2.75, 3.05) is 7.11 Å². The Morgan fingerprint density at radius 1 is 1.11 bits per heavy atom. The lowest BCUT2D eigenvalue weighted by Crippen LogP contribution is -2.08. The third kappa shape index (κ3) is 2.21. The Morgan fingerprint density at radius 2 is 1.78 bits per heavy atom. The van der Waals surface area contributed by atoms with Crippen LogP contribution in [0.3, 0.4) is 0 Å². The molecule has 2 aromatic carbocycles. The van der Waals surface area contributed by atoms with Gasteiger partial charge in [-0.2, -0.15) is 0 Å². The molecule has 1 N–H and O–H groups in total. The van der Waals surface area contributed by atoms with Crippen LogP contribution in [0.15, 0.2) is 36.4 Å². The molecule has 2 unspecified atom stereocenters. The minimum Gasteiger partial charge on any atom is -0.496 e. The molecule has 18 heavy (non-hydrogen) atoms. The van der Waals surface area contributed by atoms with Gasteiger partial charge in [-0.15, -0.1) is 0 Å². The molecule has 2 heteroatoms. The number of benzene rings is 2. The topological polar surface area (TPSA) is 29.5 Å². The Hall–Kier alpha value is -1.54. The monoisotopic (exact) mass is 244 g/mol. The van der Waals surface area contributed by atoms with Crippen molar-refractivity contribution in [1.29, 1.82) is 0 Å². The van der Waals surface area contributed by atoms with E-state index < -0.39 is 6.10 Å². The molecule has 0 saturated heterocycles. The average Bonchev–Trinajstić information content (AvgIpc) is 2.44. The van der Waals surface area contributed by atoms with E-state index in [1.54, 1.807) is 7.11 Å². The first-order valence-corrected chi connectivity index (χ1v) is 6.42. The lowest BCUT2D eigenvalue weighted by molar-refractivity contribution is 0.117. The van der Waals surface area contributed by atoms with Crippen molar-refractivity contribution in [2.45, 2.75) is 26.4 Å². The van der Waals surface area contributed by atoms with Gasteiger partial charge in [0.1, 0.15) is 5.75 Å². The van der Waals surface area contributed by atoms with Crippen LogP contribution < -0.4 is 4.74 Å². The molecule has 2 aromatic rings. The summed E-state index contributed by atoms with van der Waals surface area (Å²) in [5, 5.41) is 12.5. The van der Waals surface area contributed by atoms with E-state index in [1.165, 1.54) is 0 Å². The minimum absolute atomic E-state index is 0.252. The Bertz CT molecular complexity index is 534. The molecule has 0 radical (unpaired) electrons. The fraction of sp³-hybridized carbons (Fsp3) is 0.375. The van der Waals surface area contributed by atoms with Gasteiger partial charge in [0.2, 0.25) is 0 Å². The number of rotatable bonds is 4. The molecular weight excluding hydrogens is 224 g/mol. The summed E-state index contributed by atoms with van der Waals surface area (Å²) in [6.45, 7) is 4.17. The van der Waals surface area contributed by atoms with Crippen LogP contribution in [0.2, 0.25) is 0 Å². The molecule has 0 aromatic heterocycles. The molecule has 0 aliphatic rings. The van der Waals surface area contributed by atoms with Crippen LogP contribution in [0.25, 0.3) is 10.8 Å². The minimum atomic E-state index is -0.425. The van der Waals surface area contributed by atoms with E-state index in [0.29, 0.717) is 0 Å². The average molecular weight is 244 g/mol. The first-order valence-electron chi connectivity index (χ1n) is 6.42. The third-order valence-corrected chi connectivity index (χ3v) is 3.64. The summed E-state index contributed by atoms with van der Waals surface area (Å²) >= 11 is 0. The van der Waals surface area contributed by atoms with Gasteiger partial charge in [-0.05, 0) is 22.9 Å². The van der Waals surface area contributed by atoms with Crippen molar-refractivity contribution in [3.63, 3.8) is 0 Å². The van der Waals surface area contributed by atoms with Gasteiger partial charge in [-0.1, -0.05) is 50.6 Å². The number of hydrogen-bond acceptors (Lipinski definition) is 2. The van der Waals surface area contributed by atoms with Gasteiger partial charge >= 0.3 is 0 Å². The first kappa shape index (κ1) is 12.9. The Kier molecular flexibility index (Phi) is 3.87. The van der Waals surface area contributed by atoms with Crippen LogP contribution in [-0.4, -0.2) is 12.2 Å². The molecule has 2 rings (SSSR count). The van der Waals surface area contributed by atoms with Crippen LogP contribution in [0.5, 0.6) is 5.75 Å². The molecule has 0 aliphatic heterocycles. The number of aliphatic hydroxyl groups is 1. The normalized spacial score (nSPS) is 14.4. The van der Waals surface area contributed by atoms with Crippen molar-refractivity contribution in [3.8, 4) is 5.75 Å². The predicted octanol–water partition coefficient (Wildman–Crippen LogP) is 3.93. The summed E-state index contributed by atoms with van der Waals surface area (Å²) < 4.78 is 5.37. The summed E-state index contributed by atoms with van der Waals surface area (Å²) in [4.78, 5) is 0. The molecule has 0 saturated carbocycles. The molecule has 96 valence electrons. The standard InChI is InChI=1S/C16H20O2/c1-4-11(2)16(17)14-9-10-15(18-3)13-8-6-5-7-12(13)14/h5-11,16-17H,4H2,1-3H3. The molecule has 0 spiro atoms. The Labute approximate surface area is 108 Å². The van der Waals surface area contributed by atoms with Crippen molar-refractivity contribution >= 4 is 10.8 Å². The highest BCUT2D eigenvalue weighted by Crippen LogP contribution is 2.34. The van der Waals surface area contributed by atoms with Gasteiger partial charge in [-0.25, -0.2) is 0 Å². The van der Waals surface area contributed by atoms with Crippen molar-refractivity contribution in [2.24, 2.45) is 5.92 Å². The summed E-state index contributed by atoms with van der Waals surface area (Å²) in [6, 6.07) is 12.0. The zero-order chi connectivity index (χ0) is 13.1. The SMILES string of the molecule is CCC(C)C(O)c1ccc(OC)c2ccccc12. The Balaban J connectivity index is 2.59. The summed E-state index contributed by atoms with van der Waals surface area (Å²) in [5.74, 6) is 1.10. The van der Waals surface area contributed by atoms with E-state index in [4.69, 9.17) is 4.74 Å². The lowest BCUT2D eigenvalue weighted by Gasteiger charge is -2.20. The maximum Gasteiger partial charge on any atom is 0.126 e. The highest BCUT2D eigenvalue weighted by Gasteiger charge is 2.18. The van der Waals surface area contributed by atoms with Crippen LogP contribution in [0.4, 0.5) is 0 Å². The second-order valence-electron chi connectivity index (χ2n) is 4.73. The van der Waals surface area contributed by atoms with Gasteiger partial charge in [0.05, 0.1) is 13.2 Å². The molecule has 0 bridgehead atoms. The number of fused-ring (bicyclic) bond motifs is 1. The second kappa shape index (κ2) is 5.40.